The van der Waals surface area contributed by atoms with Gasteiger partial charge in [0.05, 0.1) is 0 Å². The van der Waals surface area contributed by atoms with Gasteiger partial charge in [-0.15, -0.1) is 0 Å². The van der Waals surface area contributed by atoms with E-state index in [1.807, 2.05) is 0 Å². The van der Waals surface area contributed by atoms with Gasteiger partial charge >= 0.3 is 0 Å². The van der Waals surface area contributed by atoms with Crippen molar-refractivity contribution < 1.29 is 0 Å². The van der Waals surface area contributed by atoms with Crippen molar-refractivity contribution in [1.29, 1.82) is 0 Å². The summed E-state index contributed by atoms with van der Waals surface area (Å²) in [5, 5.41) is 0. The summed E-state index contributed by atoms with van der Waals surface area (Å²) in [5.74, 6) is 1.59. The predicted molar refractivity (Wildman–Crippen MR) is 76.1 cm³/mol. The minimum absolute atomic E-state index is 0.281. The molecule has 0 spiro atoms. The first-order valence-corrected chi connectivity index (χ1v) is 7.55. The van der Waals surface area contributed by atoms with Gasteiger partial charge in [-0.25, -0.2) is 0 Å². The second-order valence-electron chi connectivity index (χ2n) is 6.08. The Hall–Kier alpha value is -0.0800. The lowest BCUT2D eigenvalue weighted by atomic mass is 9.68. The smallest absolute Gasteiger partial charge is 0.0359 e. The lowest BCUT2D eigenvalue weighted by molar-refractivity contribution is -0.00403. The third-order valence-electron chi connectivity index (χ3n) is 4.68. The van der Waals surface area contributed by atoms with Gasteiger partial charge in [0.1, 0.15) is 0 Å². The zero-order chi connectivity index (χ0) is 12.9. The maximum Gasteiger partial charge on any atom is 0.0359 e. The maximum atomic E-state index is 6.21. The van der Waals surface area contributed by atoms with Crippen LogP contribution in [-0.2, 0) is 0 Å². The van der Waals surface area contributed by atoms with E-state index in [1.54, 1.807) is 0 Å². The fraction of sp³-hybridized carbons (Fsp3) is 1.00. The molecule has 0 aliphatic heterocycles. The Kier molecular flexibility index (Phi) is 5.94. The fourth-order valence-electron chi connectivity index (χ4n) is 3.66. The van der Waals surface area contributed by atoms with E-state index in [0.717, 1.165) is 18.4 Å². The molecular formula is C15H32N2. The Balaban J connectivity index is 2.87. The third kappa shape index (κ3) is 3.23. The molecule has 1 fully saturated rings. The van der Waals surface area contributed by atoms with E-state index in [-0.39, 0.29) is 5.54 Å². The van der Waals surface area contributed by atoms with Gasteiger partial charge in [0.25, 0.3) is 0 Å². The molecule has 3 atom stereocenters. The summed E-state index contributed by atoms with van der Waals surface area (Å²) in [7, 11) is 0. The fourth-order valence-corrected chi connectivity index (χ4v) is 3.66. The van der Waals surface area contributed by atoms with Gasteiger partial charge in [-0.2, -0.15) is 0 Å². The van der Waals surface area contributed by atoms with Crippen molar-refractivity contribution in [3.63, 3.8) is 0 Å². The highest BCUT2D eigenvalue weighted by Crippen LogP contribution is 2.40. The third-order valence-corrected chi connectivity index (χ3v) is 4.68. The van der Waals surface area contributed by atoms with Crippen LogP contribution in [0, 0.1) is 11.8 Å². The lowest BCUT2D eigenvalue weighted by Crippen LogP contribution is -2.60. The van der Waals surface area contributed by atoms with Gasteiger partial charge in [-0.05, 0) is 50.6 Å². The molecule has 1 rings (SSSR count). The van der Waals surface area contributed by atoms with Crippen LogP contribution in [-0.4, -0.2) is 30.1 Å². The molecule has 2 nitrogen and oxygen atoms in total. The van der Waals surface area contributed by atoms with E-state index < -0.39 is 0 Å². The van der Waals surface area contributed by atoms with E-state index in [9.17, 15) is 0 Å². The molecule has 0 amide bonds. The molecular weight excluding hydrogens is 208 g/mol. The number of rotatable bonds is 6. The highest BCUT2D eigenvalue weighted by atomic mass is 15.2. The summed E-state index contributed by atoms with van der Waals surface area (Å²) in [4.78, 5) is 2.70. The Morgan fingerprint density at radius 3 is 2.18 bits per heavy atom. The second kappa shape index (κ2) is 6.75. The van der Waals surface area contributed by atoms with Crippen molar-refractivity contribution >= 4 is 0 Å². The van der Waals surface area contributed by atoms with E-state index in [0.29, 0.717) is 0 Å². The Labute approximate surface area is 108 Å². The minimum Gasteiger partial charge on any atom is -0.329 e. The van der Waals surface area contributed by atoms with E-state index in [2.05, 4.69) is 32.6 Å². The molecule has 102 valence electrons. The van der Waals surface area contributed by atoms with Crippen LogP contribution in [0.5, 0.6) is 0 Å². The second-order valence-corrected chi connectivity index (χ2v) is 6.08. The molecule has 0 aromatic carbocycles. The minimum atomic E-state index is 0.281. The van der Waals surface area contributed by atoms with Gasteiger partial charge in [0, 0.05) is 12.1 Å². The normalized spacial score (nSPS) is 34.2. The quantitative estimate of drug-likeness (QED) is 0.772. The van der Waals surface area contributed by atoms with Gasteiger partial charge in [-0.1, -0.05) is 34.1 Å². The largest absolute Gasteiger partial charge is 0.329 e. The van der Waals surface area contributed by atoms with Crippen LogP contribution in [0.1, 0.15) is 59.8 Å². The lowest BCUT2D eigenvalue weighted by Gasteiger charge is -2.52. The van der Waals surface area contributed by atoms with Crippen LogP contribution >= 0.6 is 0 Å². The number of hydrogen-bond acceptors (Lipinski definition) is 2. The van der Waals surface area contributed by atoms with Crippen LogP contribution in [0.15, 0.2) is 0 Å². The highest BCUT2D eigenvalue weighted by molar-refractivity contribution is 4.99. The number of nitrogens with zero attached hydrogens (tertiary/aromatic N) is 1. The molecule has 3 unspecified atom stereocenters. The molecule has 0 bridgehead atoms. The summed E-state index contributed by atoms with van der Waals surface area (Å²) in [6, 6.07) is 0. The van der Waals surface area contributed by atoms with Crippen LogP contribution in [0.2, 0.25) is 0 Å². The van der Waals surface area contributed by atoms with E-state index in [4.69, 9.17) is 5.73 Å². The van der Waals surface area contributed by atoms with Crippen LogP contribution in [0.25, 0.3) is 0 Å². The van der Waals surface area contributed by atoms with Gasteiger partial charge in [-0.3, -0.25) is 4.90 Å². The van der Waals surface area contributed by atoms with Crippen molar-refractivity contribution in [3.05, 3.63) is 0 Å². The summed E-state index contributed by atoms with van der Waals surface area (Å²) in [5.41, 5.74) is 6.49. The van der Waals surface area contributed by atoms with Crippen LogP contribution in [0.3, 0.4) is 0 Å². The van der Waals surface area contributed by atoms with Gasteiger partial charge in [0.15, 0.2) is 0 Å². The molecule has 0 aromatic heterocycles. The summed E-state index contributed by atoms with van der Waals surface area (Å²) in [6.07, 6.45) is 6.51. The first kappa shape index (κ1) is 15.0. The first-order chi connectivity index (χ1) is 8.10. The summed E-state index contributed by atoms with van der Waals surface area (Å²) >= 11 is 0. The topological polar surface area (TPSA) is 29.3 Å². The van der Waals surface area contributed by atoms with Crippen LogP contribution in [0.4, 0.5) is 0 Å². The molecule has 1 saturated carbocycles. The van der Waals surface area contributed by atoms with Crippen molar-refractivity contribution in [2.75, 3.05) is 19.6 Å². The van der Waals surface area contributed by atoms with Crippen molar-refractivity contribution in [1.82, 2.24) is 4.90 Å². The van der Waals surface area contributed by atoms with E-state index in [1.165, 1.54) is 45.2 Å². The summed E-state index contributed by atoms with van der Waals surface area (Å²) < 4.78 is 0. The highest BCUT2D eigenvalue weighted by Gasteiger charge is 2.43. The molecule has 17 heavy (non-hydrogen) atoms. The van der Waals surface area contributed by atoms with Crippen molar-refractivity contribution in [2.24, 2.45) is 17.6 Å². The number of nitrogens with two attached hydrogens (primary N) is 1. The zero-order valence-electron chi connectivity index (χ0n) is 12.3. The SMILES string of the molecule is CCCN(CCC)C1(CN)CC(C)CCC1C. The number of hydrogen-bond donors (Lipinski definition) is 1. The average Bonchev–Trinajstić information content (AvgIpc) is 2.32. The van der Waals surface area contributed by atoms with Crippen molar-refractivity contribution in [3.8, 4) is 0 Å². The van der Waals surface area contributed by atoms with Gasteiger partial charge in [0.2, 0.25) is 0 Å². The maximum absolute atomic E-state index is 6.21. The zero-order valence-corrected chi connectivity index (χ0v) is 12.3. The Bertz CT molecular complexity index is 211. The van der Waals surface area contributed by atoms with E-state index >= 15 is 0 Å². The molecule has 1 aliphatic carbocycles. The molecule has 0 saturated heterocycles. The van der Waals surface area contributed by atoms with Crippen molar-refractivity contribution in [2.45, 2.75) is 65.3 Å². The molecule has 0 aromatic rings. The molecule has 2 N–H and O–H groups in total. The molecule has 0 radical (unpaired) electrons. The van der Waals surface area contributed by atoms with Crippen LogP contribution < -0.4 is 5.73 Å². The molecule has 2 heteroatoms. The first-order valence-electron chi connectivity index (χ1n) is 7.55. The van der Waals surface area contributed by atoms with Gasteiger partial charge < -0.3 is 5.73 Å². The molecule has 0 heterocycles. The predicted octanol–water partition coefficient (Wildman–Crippen LogP) is 3.26. The standard InChI is InChI=1S/C15H32N2/c1-5-9-17(10-6-2)15(12-16)11-13(3)7-8-14(15)4/h13-14H,5-12,16H2,1-4H3. The summed E-state index contributed by atoms with van der Waals surface area (Å²) in [6.45, 7) is 12.6. The molecule has 1 aliphatic rings. The monoisotopic (exact) mass is 240 g/mol. The average molecular weight is 240 g/mol. The Morgan fingerprint density at radius 1 is 1.12 bits per heavy atom. The Morgan fingerprint density at radius 2 is 1.71 bits per heavy atom.